The van der Waals surface area contributed by atoms with Gasteiger partial charge in [-0.05, 0) is 44.1 Å². The van der Waals surface area contributed by atoms with Crippen molar-refractivity contribution in [1.82, 2.24) is 4.98 Å². The lowest BCUT2D eigenvalue weighted by atomic mass is 10.0. The van der Waals surface area contributed by atoms with Gasteiger partial charge in [0.25, 0.3) is 0 Å². The van der Waals surface area contributed by atoms with Gasteiger partial charge in [0.05, 0.1) is 18.1 Å². The predicted molar refractivity (Wildman–Crippen MR) is 104 cm³/mol. The van der Waals surface area contributed by atoms with E-state index in [-0.39, 0.29) is 47.3 Å². The zero-order chi connectivity index (χ0) is 21.8. The second kappa shape index (κ2) is 7.33. The summed E-state index contributed by atoms with van der Waals surface area (Å²) in [6.07, 6.45) is -3.77. The molecule has 1 unspecified atom stereocenters. The molecule has 2 aliphatic heterocycles. The summed E-state index contributed by atoms with van der Waals surface area (Å²) < 4.78 is 46.2. The van der Waals surface area contributed by atoms with Crippen LogP contribution in [0.1, 0.15) is 38.3 Å². The van der Waals surface area contributed by atoms with E-state index in [1.807, 2.05) is 18.7 Å². The average Bonchev–Trinajstić information content (AvgIpc) is 3.17. The minimum absolute atomic E-state index is 0.0581. The molecule has 0 amide bonds. The number of hydrogen-bond donors (Lipinski definition) is 0. The van der Waals surface area contributed by atoms with Crippen LogP contribution in [0.15, 0.2) is 6.07 Å². The van der Waals surface area contributed by atoms with Gasteiger partial charge in [0.2, 0.25) is 0 Å². The molecular formula is C21H25F3N4O2. The molecule has 6 nitrogen and oxygen atoms in total. The summed E-state index contributed by atoms with van der Waals surface area (Å²) in [7, 11) is 0. The number of carbonyl (C=O) groups is 1. The third kappa shape index (κ3) is 3.36. The largest absolute Gasteiger partial charge is 0.466 e. The molecule has 1 aromatic heterocycles. The van der Waals surface area contributed by atoms with Crippen molar-refractivity contribution in [2.45, 2.75) is 39.4 Å². The molecule has 30 heavy (non-hydrogen) atoms. The molecule has 1 aliphatic carbocycles. The minimum Gasteiger partial charge on any atom is -0.466 e. The van der Waals surface area contributed by atoms with Crippen molar-refractivity contribution >= 4 is 17.6 Å². The number of piperidine rings is 1. The Labute approximate surface area is 173 Å². The predicted octanol–water partition coefficient (Wildman–Crippen LogP) is 3.45. The van der Waals surface area contributed by atoms with Crippen LogP contribution in [0.2, 0.25) is 0 Å². The number of fused-ring (bicyclic) bond motifs is 1. The van der Waals surface area contributed by atoms with Crippen molar-refractivity contribution in [3.8, 4) is 6.07 Å². The van der Waals surface area contributed by atoms with Gasteiger partial charge in [-0.15, -0.1) is 0 Å². The molecule has 2 saturated heterocycles. The van der Waals surface area contributed by atoms with E-state index in [9.17, 15) is 23.2 Å². The van der Waals surface area contributed by atoms with Crippen LogP contribution in [-0.2, 0) is 15.7 Å². The van der Waals surface area contributed by atoms with Gasteiger partial charge < -0.3 is 14.5 Å². The van der Waals surface area contributed by atoms with Gasteiger partial charge in [0.1, 0.15) is 23.3 Å². The van der Waals surface area contributed by atoms with Crippen molar-refractivity contribution in [3.63, 3.8) is 0 Å². The number of esters is 1. The summed E-state index contributed by atoms with van der Waals surface area (Å²) in [4.78, 5) is 20.1. The molecule has 9 heteroatoms. The number of halogens is 3. The summed E-state index contributed by atoms with van der Waals surface area (Å²) >= 11 is 0. The molecule has 1 aromatic rings. The molecular weight excluding hydrogens is 397 g/mol. The minimum atomic E-state index is -4.63. The Hall–Kier alpha value is -2.50. The van der Waals surface area contributed by atoms with Gasteiger partial charge >= 0.3 is 12.1 Å². The van der Waals surface area contributed by atoms with E-state index in [2.05, 4.69) is 4.98 Å². The van der Waals surface area contributed by atoms with Gasteiger partial charge in [0.15, 0.2) is 0 Å². The maximum Gasteiger partial charge on any atom is 0.417 e. The van der Waals surface area contributed by atoms with E-state index in [0.29, 0.717) is 26.2 Å². The molecule has 3 fully saturated rings. The van der Waals surface area contributed by atoms with E-state index in [1.54, 1.807) is 17.9 Å². The highest BCUT2D eigenvalue weighted by molar-refractivity contribution is 5.73. The first kappa shape index (κ1) is 20.8. The molecule has 162 valence electrons. The number of pyridine rings is 1. The van der Waals surface area contributed by atoms with Crippen LogP contribution < -0.4 is 9.80 Å². The second-order valence-electron chi connectivity index (χ2n) is 8.52. The Morgan fingerprint density at radius 3 is 2.53 bits per heavy atom. The molecule has 3 heterocycles. The molecule has 0 aromatic carbocycles. The quantitative estimate of drug-likeness (QED) is 0.677. The third-order valence-corrected chi connectivity index (χ3v) is 6.82. The number of nitrogens with zero attached hydrogens (tertiary/aromatic N) is 4. The highest BCUT2D eigenvalue weighted by atomic mass is 19.4. The monoisotopic (exact) mass is 422 g/mol. The normalized spacial score (nSPS) is 28.4. The molecule has 3 aliphatic rings. The Bertz CT molecular complexity index is 885. The lowest BCUT2D eigenvalue weighted by Crippen LogP contribution is -2.47. The van der Waals surface area contributed by atoms with Crippen LogP contribution in [0.3, 0.4) is 0 Å². The number of alkyl halides is 3. The highest BCUT2D eigenvalue weighted by Gasteiger charge is 2.59. The van der Waals surface area contributed by atoms with Crippen molar-refractivity contribution < 1.29 is 22.7 Å². The van der Waals surface area contributed by atoms with E-state index < -0.39 is 17.3 Å². The average molecular weight is 422 g/mol. The smallest absolute Gasteiger partial charge is 0.417 e. The van der Waals surface area contributed by atoms with Crippen LogP contribution in [0, 0.1) is 35.0 Å². The lowest BCUT2D eigenvalue weighted by molar-refractivity contribution is -0.148. The fraction of sp³-hybridized carbons (Fsp3) is 0.667. The maximum atomic E-state index is 13.7. The van der Waals surface area contributed by atoms with Gasteiger partial charge in [0, 0.05) is 25.7 Å². The maximum absolute atomic E-state index is 13.7. The van der Waals surface area contributed by atoms with Gasteiger partial charge in [-0.3, -0.25) is 4.79 Å². The molecule has 5 atom stereocenters. The van der Waals surface area contributed by atoms with Crippen LogP contribution in [0.5, 0.6) is 0 Å². The number of rotatable bonds is 5. The van der Waals surface area contributed by atoms with Crippen molar-refractivity contribution in [3.05, 3.63) is 17.2 Å². The Morgan fingerprint density at radius 1 is 1.40 bits per heavy atom. The standard InChI is InChI=1S/C21H25F3N4O2/c1-4-30-20(29)12(3)18-14-9-27(10-15(14)18)17-7-16(21(22,23)24)13(8-25)19(26-17)28-6-5-11(28)2/h7,11-12,14-15,18H,4-6,9-10H2,1-3H3/t11-,12-,14-,15+,18?/m0/s1. The summed E-state index contributed by atoms with van der Waals surface area (Å²) in [5.41, 5.74) is -1.34. The fourth-order valence-corrected chi connectivity index (χ4v) is 4.98. The number of ether oxygens (including phenoxy) is 1. The first-order chi connectivity index (χ1) is 14.2. The summed E-state index contributed by atoms with van der Waals surface area (Å²) in [6.45, 7) is 7.59. The topological polar surface area (TPSA) is 69.5 Å². The van der Waals surface area contributed by atoms with Crippen molar-refractivity contribution in [1.29, 1.82) is 5.26 Å². The van der Waals surface area contributed by atoms with E-state index in [0.717, 1.165) is 12.5 Å². The SMILES string of the molecule is CCOC(=O)[C@@H](C)C1[C@H]2CN(c3cc(C(F)(F)F)c(C#N)c(N4CC[C@@H]4C)n3)C[C@@H]12. The number of aromatic nitrogens is 1. The first-order valence-corrected chi connectivity index (χ1v) is 10.4. The Kier molecular flexibility index (Phi) is 5.07. The van der Waals surface area contributed by atoms with Crippen LogP contribution in [0.4, 0.5) is 24.8 Å². The van der Waals surface area contributed by atoms with Crippen LogP contribution in [-0.4, -0.2) is 43.2 Å². The molecule has 0 radical (unpaired) electrons. The zero-order valence-corrected chi connectivity index (χ0v) is 17.2. The number of carbonyl (C=O) groups excluding carboxylic acids is 1. The van der Waals surface area contributed by atoms with Crippen molar-refractivity contribution in [2.75, 3.05) is 36.0 Å². The lowest BCUT2D eigenvalue weighted by Gasteiger charge is -2.41. The summed E-state index contributed by atoms with van der Waals surface area (Å²) in [6, 6.07) is 2.79. The zero-order valence-electron chi connectivity index (χ0n) is 17.2. The molecule has 0 N–H and O–H groups in total. The summed E-state index contributed by atoms with van der Waals surface area (Å²) in [5, 5.41) is 9.44. The highest BCUT2D eigenvalue weighted by Crippen LogP contribution is 2.56. The molecule has 0 spiro atoms. The Morgan fingerprint density at radius 2 is 2.07 bits per heavy atom. The van der Waals surface area contributed by atoms with Crippen molar-refractivity contribution in [2.24, 2.45) is 23.7 Å². The van der Waals surface area contributed by atoms with Gasteiger partial charge in [-0.1, -0.05) is 6.92 Å². The molecule has 1 saturated carbocycles. The molecule has 0 bridgehead atoms. The van der Waals surface area contributed by atoms with Crippen LogP contribution in [0.25, 0.3) is 0 Å². The number of anilines is 2. The Balaban J connectivity index is 1.58. The van der Waals surface area contributed by atoms with E-state index in [4.69, 9.17) is 4.74 Å². The van der Waals surface area contributed by atoms with Crippen LogP contribution >= 0.6 is 0 Å². The number of nitriles is 1. The third-order valence-electron chi connectivity index (χ3n) is 6.82. The summed E-state index contributed by atoms with van der Waals surface area (Å²) in [5.74, 6) is 0.664. The fourth-order valence-electron chi connectivity index (χ4n) is 4.98. The second-order valence-corrected chi connectivity index (χ2v) is 8.52. The van der Waals surface area contributed by atoms with E-state index in [1.165, 1.54) is 0 Å². The van der Waals surface area contributed by atoms with Gasteiger partial charge in [-0.25, -0.2) is 4.98 Å². The molecule has 4 rings (SSSR count). The first-order valence-electron chi connectivity index (χ1n) is 10.4. The van der Waals surface area contributed by atoms with Gasteiger partial charge in [-0.2, -0.15) is 18.4 Å². The van der Waals surface area contributed by atoms with E-state index >= 15 is 0 Å². The number of hydrogen-bond acceptors (Lipinski definition) is 6.